The number of pyridine rings is 1. The molecule has 0 saturated carbocycles. The van der Waals surface area contributed by atoms with Crippen LogP contribution in [0.25, 0.3) is 0 Å². The lowest BCUT2D eigenvalue weighted by molar-refractivity contribution is -0.117. The maximum atomic E-state index is 12.7. The SMILES string of the molecule is O=C(CN1CCN(Cc2ccccn2)CC1)Nc1ccccc1Sc1ccccc1. The number of anilines is 1. The maximum absolute atomic E-state index is 12.7. The number of nitrogens with zero attached hydrogens (tertiary/aromatic N) is 3. The lowest BCUT2D eigenvalue weighted by Crippen LogP contribution is -2.48. The standard InChI is InChI=1S/C24H26N4OS/c29-24(19-28-16-14-27(15-17-28)18-20-8-6-7-13-25-20)26-22-11-4-5-12-23(22)30-21-9-2-1-3-10-21/h1-13H,14-19H2,(H,26,29). The van der Waals surface area contributed by atoms with Gasteiger partial charge in [0.05, 0.1) is 17.9 Å². The number of carbonyl (C=O) groups excluding carboxylic acids is 1. The van der Waals surface area contributed by atoms with E-state index in [0.717, 1.165) is 53.9 Å². The zero-order valence-corrected chi connectivity index (χ0v) is 17.7. The van der Waals surface area contributed by atoms with Crippen molar-refractivity contribution in [1.29, 1.82) is 0 Å². The van der Waals surface area contributed by atoms with Gasteiger partial charge in [-0.15, -0.1) is 0 Å². The molecule has 1 aliphatic rings. The van der Waals surface area contributed by atoms with E-state index in [4.69, 9.17) is 0 Å². The predicted molar refractivity (Wildman–Crippen MR) is 122 cm³/mol. The second kappa shape index (κ2) is 10.4. The van der Waals surface area contributed by atoms with Gasteiger partial charge >= 0.3 is 0 Å². The van der Waals surface area contributed by atoms with Crippen molar-refractivity contribution in [3.05, 3.63) is 84.7 Å². The summed E-state index contributed by atoms with van der Waals surface area (Å²) in [5.41, 5.74) is 1.96. The number of hydrogen-bond donors (Lipinski definition) is 1. The molecule has 154 valence electrons. The minimum absolute atomic E-state index is 0.0364. The summed E-state index contributed by atoms with van der Waals surface area (Å²) in [5, 5.41) is 3.10. The lowest BCUT2D eigenvalue weighted by atomic mass is 10.2. The van der Waals surface area contributed by atoms with Crippen LogP contribution in [0.1, 0.15) is 5.69 Å². The molecule has 0 spiro atoms. The predicted octanol–water partition coefficient (Wildman–Crippen LogP) is 3.99. The van der Waals surface area contributed by atoms with Crippen LogP contribution in [-0.2, 0) is 11.3 Å². The number of amides is 1. The Morgan fingerprint density at radius 1 is 0.867 bits per heavy atom. The van der Waals surface area contributed by atoms with E-state index in [9.17, 15) is 4.79 Å². The molecule has 1 aromatic heterocycles. The summed E-state index contributed by atoms with van der Waals surface area (Å²) < 4.78 is 0. The third-order valence-corrected chi connectivity index (χ3v) is 6.16. The molecule has 4 rings (SSSR count). The second-order valence-corrected chi connectivity index (χ2v) is 8.45. The first-order valence-electron chi connectivity index (χ1n) is 10.2. The average Bonchev–Trinajstić information content (AvgIpc) is 2.78. The van der Waals surface area contributed by atoms with Crippen LogP contribution in [0.5, 0.6) is 0 Å². The number of para-hydroxylation sites is 1. The van der Waals surface area contributed by atoms with Gasteiger partial charge in [0.25, 0.3) is 0 Å². The van der Waals surface area contributed by atoms with E-state index < -0.39 is 0 Å². The first kappa shape index (κ1) is 20.6. The number of carbonyl (C=O) groups is 1. The van der Waals surface area contributed by atoms with Crippen molar-refractivity contribution in [2.75, 3.05) is 38.0 Å². The van der Waals surface area contributed by atoms with Crippen molar-refractivity contribution < 1.29 is 4.79 Å². The van der Waals surface area contributed by atoms with E-state index in [2.05, 4.69) is 38.3 Å². The average molecular weight is 419 g/mol. The molecular weight excluding hydrogens is 392 g/mol. The molecular formula is C24H26N4OS. The minimum Gasteiger partial charge on any atom is -0.324 e. The highest BCUT2D eigenvalue weighted by Crippen LogP contribution is 2.33. The molecule has 0 aliphatic carbocycles. The van der Waals surface area contributed by atoms with Crippen molar-refractivity contribution in [1.82, 2.24) is 14.8 Å². The fourth-order valence-corrected chi connectivity index (χ4v) is 4.42. The fourth-order valence-electron chi connectivity index (χ4n) is 3.49. The molecule has 0 bridgehead atoms. The van der Waals surface area contributed by atoms with Gasteiger partial charge in [-0.05, 0) is 36.4 Å². The Hall–Kier alpha value is -2.67. The fraction of sp³-hybridized carbons (Fsp3) is 0.250. The molecule has 1 aliphatic heterocycles. The number of piperazine rings is 1. The summed E-state index contributed by atoms with van der Waals surface area (Å²) in [6.07, 6.45) is 1.84. The Kier molecular flexibility index (Phi) is 7.13. The van der Waals surface area contributed by atoms with E-state index in [0.29, 0.717) is 6.54 Å². The quantitative estimate of drug-likeness (QED) is 0.629. The van der Waals surface area contributed by atoms with Gasteiger partial charge in [0, 0.05) is 48.7 Å². The van der Waals surface area contributed by atoms with Gasteiger partial charge in [0.1, 0.15) is 0 Å². The molecule has 30 heavy (non-hydrogen) atoms. The normalized spacial score (nSPS) is 15.1. The van der Waals surface area contributed by atoms with Crippen LogP contribution < -0.4 is 5.32 Å². The van der Waals surface area contributed by atoms with Gasteiger partial charge < -0.3 is 5.32 Å². The molecule has 1 N–H and O–H groups in total. The van der Waals surface area contributed by atoms with Gasteiger partial charge in [-0.2, -0.15) is 0 Å². The lowest BCUT2D eigenvalue weighted by Gasteiger charge is -2.34. The first-order valence-corrected chi connectivity index (χ1v) is 11.0. The van der Waals surface area contributed by atoms with Crippen molar-refractivity contribution in [2.24, 2.45) is 0 Å². The Bertz CT molecular complexity index is 944. The number of hydrogen-bond acceptors (Lipinski definition) is 5. The van der Waals surface area contributed by atoms with E-state index in [-0.39, 0.29) is 5.91 Å². The van der Waals surface area contributed by atoms with Crippen LogP contribution in [0.15, 0.2) is 88.8 Å². The smallest absolute Gasteiger partial charge is 0.238 e. The summed E-state index contributed by atoms with van der Waals surface area (Å²) in [5.74, 6) is 0.0364. The summed E-state index contributed by atoms with van der Waals surface area (Å²) in [6.45, 7) is 4.96. The molecule has 1 saturated heterocycles. The Morgan fingerprint density at radius 2 is 1.57 bits per heavy atom. The number of rotatable bonds is 7. The largest absolute Gasteiger partial charge is 0.324 e. The van der Waals surface area contributed by atoms with E-state index in [1.165, 1.54) is 0 Å². The molecule has 6 heteroatoms. The number of benzene rings is 2. The zero-order chi connectivity index (χ0) is 20.6. The molecule has 2 aromatic carbocycles. The molecule has 0 radical (unpaired) electrons. The van der Waals surface area contributed by atoms with Crippen molar-refractivity contribution in [3.63, 3.8) is 0 Å². The minimum atomic E-state index is 0.0364. The van der Waals surface area contributed by atoms with Crippen molar-refractivity contribution in [2.45, 2.75) is 16.3 Å². The van der Waals surface area contributed by atoms with Crippen molar-refractivity contribution >= 4 is 23.4 Å². The Morgan fingerprint density at radius 3 is 2.33 bits per heavy atom. The molecule has 0 unspecified atom stereocenters. The Labute approximate surface area is 182 Å². The highest BCUT2D eigenvalue weighted by molar-refractivity contribution is 7.99. The van der Waals surface area contributed by atoms with Crippen molar-refractivity contribution in [3.8, 4) is 0 Å². The van der Waals surface area contributed by atoms with Crippen LogP contribution >= 0.6 is 11.8 Å². The second-order valence-electron chi connectivity index (χ2n) is 7.33. The van der Waals surface area contributed by atoms with Gasteiger partial charge in [0.2, 0.25) is 5.91 Å². The summed E-state index contributed by atoms with van der Waals surface area (Å²) >= 11 is 1.66. The number of aromatic nitrogens is 1. The summed E-state index contributed by atoms with van der Waals surface area (Å²) in [7, 11) is 0. The third kappa shape index (κ3) is 5.92. The van der Waals surface area contributed by atoms with Gasteiger partial charge in [-0.3, -0.25) is 19.6 Å². The molecule has 3 aromatic rings. The van der Waals surface area contributed by atoms with Gasteiger partial charge in [0.15, 0.2) is 0 Å². The molecule has 0 atom stereocenters. The molecule has 5 nitrogen and oxygen atoms in total. The first-order chi connectivity index (χ1) is 14.8. The van der Waals surface area contributed by atoms with Gasteiger partial charge in [-0.25, -0.2) is 0 Å². The van der Waals surface area contributed by atoms with E-state index in [1.807, 2.05) is 60.8 Å². The topological polar surface area (TPSA) is 48.5 Å². The summed E-state index contributed by atoms with van der Waals surface area (Å²) in [6, 6.07) is 24.2. The Balaban J connectivity index is 1.27. The third-order valence-electron chi connectivity index (χ3n) is 5.08. The summed E-state index contributed by atoms with van der Waals surface area (Å²) in [4.78, 5) is 23.9. The van der Waals surface area contributed by atoms with Crippen LogP contribution in [0.2, 0.25) is 0 Å². The van der Waals surface area contributed by atoms with E-state index in [1.54, 1.807) is 11.8 Å². The van der Waals surface area contributed by atoms with E-state index >= 15 is 0 Å². The molecule has 1 amide bonds. The number of nitrogens with one attached hydrogen (secondary N) is 1. The molecule has 1 fully saturated rings. The van der Waals surface area contributed by atoms with Gasteiger partial charge in [-0.1, -0.05) is 48.2 Å². The zero-order valence-electron chi connectivity index (χ0n) is 16.9. The maximum Gasteiger partial charge on any atom is 0.238 e. The van der Waals surface area contributed by atoms with Crippen LogP contribution in [0, 0.1) is 0 Å². The highest BCUT2D eigenvalue weighted by atomic mass is 32.2. The van der Waals surface area contributed by atoms with Crippen LogP contribution in [-0.4, -0.2) is 53.4 Å². The van der Waals surface area contributed by atoms with Crippen LogP contribution in [0.3, 0.4) is 0 Å². The monoisotopic (exact) mass is 418 g/mol. The molecule has 2 heterocycles. The van der Waals surface area contributed by atoms with Crippen LogP contribution in [0.4, 0.5) is 5.69 Å². The highest BCUT2D eigenvalue weighted by Gasteiger charge is 2.19.